The number of carbonyl (C=O) groups excluding carboxylic acids is 2. The van der Waals surface area contributed by atoms with Gasteiger partial charge in [-0.3, -0.25) is 9.69 Å². The summed E-state index contributed by atoms with van der Waals surface area (Å²) in [5.41, 5.74) is 0. The molecule has 2 fully saturated rings. The molecule has 2 unspecified atom stereocenters. The minimum Gasteiger partial charge on any atom is -0.329 e. The van der Waals surface area contributed by atoms with E-state index in [9.17, 15) is 9.59 Å². The molecule has 2 aliphatic rings. The number of carbonyl (C=O) groups is 2. The Morgan fingerprint density at radius 3 is 2.73 bits per heavy atom. The minimum atomic E-state index is -0.250. The number of hydrogen-bond acceptors (Lipinski definition) is 3. The zero-order valence-corrected chi connectivity index (χ0v) is 8.95. The predicted molar refractivity (Wildman–Crippen MR) is 55.3 cm³/mol. The van der Waals surface area contributed by atoms with Gasteiger partial charge >= 0.3 is 6.03 Å². The Bertz CT molecular complexity index is 258. The normalized spacial score (nSPS) is 29.1. The molecule has 5 nitrogen and oxygen atoms in total. The van der Waals surface area contributed by atoms with Gasteiger partial charge in [0.2, 0.25) is 5.91 Å². The van der Waals surface area contributed by atoms with Crippen LogP contribution in [-0.2, 0) is 4.79 Å². The van der Waals surface area contributed by atoms with Crippen LogP contribution in [0.2, 0.25) is 0 Å². The Morgan fingerprint density at radius 1 is 1.40 bits per heavy atom. The summed E-state index contributed by atoms with van der Waals surface area (Å²) in [6, 6.07) is -0.0354. The smallest absolute Gasteiger partial charge is 0.324 e. The molecule has 0 saturated carbocycles. The van der Waals surface area contributed by atoms with Crippen molar-refractivity contribution >= 4 is 11.9 Å². The van der Waals surface area contributed by atoms with Gasteiger partial charge in [0.25, 0.3) is 0 Å². The van der Waals surface area contributed by atoms with Crippen molar-refractivity contribution in [3.05, 3.63) is 0 Å². The number of piperidine rings is 1. The molecular formula is C10H17N3O2. The number of hydrogen-bond donors (Lipinski definition) is 2. The average molecular weight is 211 g/mol. The van der Waals surface area contributed by atoms with E-state index >= 15 is 0 Å². The van der Waals surface area contributed by atoms with Crippen LogP contribution in [0.15, 0.2) is 0 Å². The SMILES string of the molecule is CC(C1CCCCN1)N1C(=O)CNC1=O. The molecule has 2 atom stereocenters. The zero-order chi connectivity index (χ0) is 10.8. The summed E-state index contributed by atoms with van der Waals surface area (Å²) in [7, 11) is 0. The summed E-state index contributed by atoms with van der Waals surface area (Å²) in [6.45, 7) is 3.07. The molecule has 0 aromatic heterocycles. The molecule has 0 aromatic carbocycles. The van der Waals surface area contributed by atoms with E-state index in [1.807, 2.05) is 6.92 Å². The summed E-state index contributed by atoms with van der Waals surface area (Å²) in [5.74, 6) is -0.111. The molecule has 2 saturated heterocycles. The topological polar surface area (TPSA) is 61.4 Å². The molecule has 84 valence electrons. The lowest BCUT2D eigenvalue weighted by atomic mass is 9.98. The summed E-state index contributed by atoms with van der Waals surface area (Å²) >= 11 is 0. The second-order valence-corrected chi connectivity index (χ2v) is 4.22. The molecule has 2 heterocycles. The number of rotatable bonds is 2. The van der Waals surface area contributed by atoms with Gasteiger partial charge in [0.1, 0.15) is 0 Å². The Hall–Kier alpha value is -1.10. The van der Waals surface area contributed by atoms with Gasteiger partial charge in [0, 0.05) is 6.04 Å². The van der Waals surface area contributed by atoms with Gasteiger partial charge in [-0.1, -0.05) is 6.42 Å². The second kappa shape index (κ2) is 4.18. The summed E-state index contributed by atoms with van der Waals surface area (Å²) < 4.78 is 0. The van der Waals surface area contributed by atoms with Crippen LogP contribution in [0.4, 0.5) is 4.79 Å². The van der Waals surface area contributed by atoms with Crippen molar-refractivity contribution in [1.29, 1.82) is 0 Å². The highest BCUT2D eigenvalue weighted by atomic mass is 16.2. The van der Waals surface area contributed by atoms with Crippen LogP contribution in [0, 0.1) is 0 Å². The van der Waals surface area contributed by atoms with Crippen LogP contribution in [0.1, 0.15) is 26.2 Å². The zero-order valence-electron chi connectivity index (χ0n) is 8.95. The molecule has 0 aliphatic carbocycles. The highest BCUT2D eigenvalue weighted by molar-refractivity contribution is 6.02. The van der Waals surface area contributed by atoms with Crippen LogP contribution in [-0.4, -0.2) is 42.0 Å². The second-order valence-electron chi connectivity index (χ2n) is 4.22. The van der Waals surface area contributed by atoms with E-state index in [4.69, 9.17) is 0 Å². The Balaban J connectivity index is 2.02. The third-order valence-electron chi connectivity index (χ3n) is 3.22. The molecule has 0 aromatic rings. The van der Waals surface area contributed by atoms with E-state index in [2.05, 4.69) is 10.6 Å². The monoisotopic (exact) mass is 211 g/mol. The fraction of sp³-hybridized carbons (Fsp3) is 0.800. The van der Waals surface area contributed by atoms with Crippen LogP contribution in [0.25, 0.3) is 0 Å². The van der Waals surface area contributed by atoms with Gasteiger partial charge in [0.15, 0.2) is 0 Å². The van der Waals surface area contributed by atoms with Gasteiger partial charge in [-0.25, -0.2) is 4.79 Å². The largest absolute Gasteiger partial charge is 0.329 e. The van der Waals surface area contributed by atoms with Crippen LogP contribution in [0.3, 0.4) is 0 Å². The molecule has 5 heteroatoms. The van der Waals surface area contributed by atoms with Gasteiger partial charge in [-0.15, -0.1) is 0 Å². The standard InChI is InChI=1S/C10H17N3O2/c1-7(8-4-2-3-5-11-8)13-9(14)6-12-10(13)15/h7-8,11H,2-6H2,1H3,(H,12,15). The summed E-state index contributed by atoms with van der Waals surface area (Å²) in [6.07, 6.45) is 3.40. The molecule has 0 bridgehead atoms. The Labute approximate surface area is 89.2 Å². The molecular weight excluding hydrogens is 194 g/mol. The van der Waals surface area contributed by atoms with E-state index in [-0.39, 0.29) is 30.6 Å². The van der Waals surface area contributed by atoms with Crippen LogP contribution < -0.4 is 10.6 Å². The van der Waals surface area contributed by atoms with Crippen molar-refractivity contribution < 1.29 is 9.59 Å². The van der Waals surface area contributed by atoms with Gasteiger partial charge in [0.05, 0.1) is 12.6 Å². The quantitative estimate of drug-likeness (QED) is 0.635. The number of nitrogens with one attached hydrogen (secondary N) is 2. The first kappa shape index (κ1) is 10.4. The fourth-order valence-electron chi connectivity index (χ4n) is 2.32. The van der Waals surface area contributed by atoms with Crippen LogP contribution in [0.5, 0.6) is 0 Å². The maximum absolute atomic E-state index is 11.5. The summed E-state index contributed by atoms with van der Waals surface area (Å²) in [5, 5.41) is 5.91. The minimum absolute atomic E-state index is 0.0414. The fourth-order valence-corrected chi connectivity index (χ4v) is 2.32. The van der Waals surface area contributed by atoms with E-state index in [0.717, 1.165) is 13.0 Å². The van der Waals surface area contributed by atoms with Crippen molar-refractivity contribution in [1.82, 2.24) is 15.5 Å². The van der Waals surface area contributed by atoms with Crippen molar-refractivity contribution in [2.45, 2.75) is 38.3 Å². The highest BCUT2D eigenvalue weighted by Crippen LogP contribution is 2.16. The van der Waals surface area contributed by atoms with E-state index in [1.165, 1.54) is 17.7 Å². The van der Waals surface area contributed by atoms with Gasteiger partial charge < -0.3 is 10.6 Å². The molecule has 2 N–H and O–H groups in total. The van der Waals surface area contributed by atoms with Crippen molar-refractivity contribution in [2.24, 2.45) is 0 Å². The maximum Gasteiger partial charge on any atom is 0.324 e. The van der Waals surface area contributed by atoms with Crippen molar-refractivity contribution in [3.8, 4) is 0 Å². The molecule has 2 rings (SSSR count). The van der Waals surface area contributed by atoms with E-state index < -0.39 is 0 Å². The van der Waals surface area contributed by atoms with Crippen molar-refractivity contribution in [2.75, 3.05) is 13.1 Å². The molecule has 0 spiro atoms. The number of urea groups is 1. The lowest BCUT2D eigenvalue weighted by molar-refractivity contribution is -0.126. The first-order valence-electron chi connectivity index (χ1n) is 5.53. The molecule has 0 radical (unpaired) electrons. The first-order chi connectivity index (χ1) is 7.20. The number of amides is 3. The third-order valence-corrected chi connectivity index (χ3v) is 3.22. The van der Waals surface area contributed by atoms with Crippen LogP contribution >= 0.6 is 0 Å². The number of nitrogens with zero attached hydrogens (tertiary/aromatic N) is 1. The van der Waals surface area contributed by atoms with Crippen molar-refractivity contribution in [3.63, 3.8) is 0 Å². The summed E-state index contributed by atoms with van der Waals surface area (Å²) in [4.78, 5) is 24.3. The molecule has 3 amide bonds. The Kier molecular flexibility index (Phi) is 2.90. The third kappa shape index (κ3) is 1.97. The molecule has 2 aliphatic heterocycles. The lowest BCUT2D eigenvalue weighted by Crippen LogP contribution is -2.52. The van der Waals surface area contributed by atoms with E-state index in [1.54, 1.807) is 0 Å². The number of imide groups is 1. The van der Waals surface area contributed by atoms with Gasteiger partial charge in [-0.2, -0.15) is 0 Å². The highest BCUT2D eigenvalue weighted by Gasteiger charge is 2.36. The average Bonchev–Trinajstić information content (AvgIpc) is 2.59. The first-order valence-corrected chi connectivity index (χ1v) is 5.53. The predicted octanol–water partition coefficient (Wildman–Crippen LogP) is 0.0688. The Morgan fingerprint density at radius 2 is 2.20 bits per heavy atom. The molecule has 15 heavy (non-hydrogen) atoms. The van der Waals surface area contributed by atoms with Gasteiger partial charge in [-0.05, 0) is 26.3 Å². The van der Waals surface area contributed by atoms with E-state index in [0.29, 0.717) is 0 Å². The lowest BCUT2D eigenvalue weighted by Gasteiger charge is -2.33. The maximum atomic E-state index is 11.5.